The summed E-state index contributed by atoms with van der Waals surface area (Å²) < 4.78 is 10.4. The van der Waals surface area contributed by atoms with E-state index in [9.17, 15) is 5.26 Å². The molecule has 0 amide bonds. The highest BCUT2D eigenvalue weighted by Gasteiger charge is 2.47. The van der Waals surface area contributed by atoms with Crippen LogP contribution >= 0.6 is 23.1 Å². The monoisotopic (exact) mass is 388 g/mol. The minimum Gasteiger partial charge on any atom is -0.443 e. The molecule has 136 valence electrons. The van der Waals surface area contributed by atoms with E-state index in [-0.39, 0.29) is 0 Å². The Hall–Kier alpha value is -2.10. The third kappa shape index (κ3) is 3.69. The molecule has 26 heavy (non-hydrogen) atoms. The van der Waals surface area contributed by atoms with E-state index in [0.717, 1.165) is 36.2 Å². The van der Waals surface area contributed by atoms with Gasteiger partial charge >= 0.3 is 0 Å². The van der Waals surface area contributed by atoms with Crippen LogP contribution in [0.15, 0.2) is 17.1 Å². The number of nitriles is 1. The smallest absolute Gasteiger partial charge is 0.218 e. The Labute approximate surface area is 163 Å². The van der Waals surface area contributed by atoms with Crippen molar-refractivity contribution in [3.8, 4) is 16.9 Å². The molecule has 5 nitrogen and oxygen atoms in total. The highest BCUT2D eigenvalue weighted by molar-refractivity contribution is 7.08. The largest absolute Gasteiger partial charge is 0.443 e. The number of hydrogen-bond donors (Lipinski definition) is 0. The van der Waals surface area contributed by atoms with Crippen molar-refractivity contribution in [2.45, 2.75) is 38.5 Å². The van der Waals surface area contributed by atoms with Crippen LogP contribution in [0, 0.1) is 25.2 Å². The highest BCUT2D eigenvalue weighted by atomic mass is 35.5. The summed E-state index contributed by atoms with van der Waals surface area (Å²) in [6, 6.07) is 6.14. The molecule has 0 spiro atoms. The fourth-order valence-corrected chi connectivity index (χ4v) is 3.54. The van der Waals surface area contributed by atoms with Gasteiger partial charge in [-0.1, -0.05) is 0 Å². The molecule has 1 heterocycles. The quantitative estimate of drug-likeness (QED) is 0.384. The summed E-state index contributed by atoms with van der Waals surface area (Å²) >= 11 is 7.62. The van der Waals surface area contributed by atoms with Crippen LogP contribution in [0.1, 0.15) is 42.1 Å². The number of halogens is 1. The van der Waals surface area contributed by atoms with Crippen molar-refractivity contribution >= 4 is 35.2 Å². The number of ether oxygens (including phenoxy) is 1. The molecule has 0 bridgehead atoms. The van der Waals surface area contributed by atoms with E-state index in [0.29, 0.717) is 22.1 Å². The minimum absolute atomic E-state index is 0.450. The number of aryl methyl sites for hydroxylation is 2. The summed E-state index contributed by atoms with van der Waals surface area (Å²) in [6.07, 6.45) is 3.52. The van der Waals surface area contributed by atoms with Crippen molar-refractivity contribution in [2.75, 3.05) is 13.6 Å². The first-order chi connectivity index (χ1) is 12.4. The Morgan fingerprint density at radius 1 is 1.42 bits per heavy atom. The second-order valence-electron chi connectivity index (χ2n) is 6.59. The zero-order chi connectivity index (χ0) is 18.9. The van der Waals surface area contributed by atoms with Crippen LogP contribution in [-0.2, 0) is 4.87 Å². The van der Waals surface area contributed by atoms with Crippen LogP contribution in [0.3, 0.4) is 0 Å². The van der Waals surface area contributed by atoms with Crippen LogP contribution in [0.2, 0.25) is 0 Å². The van der Waals surface area contributed by atoms with Gasteiger partial charge in [0.1, 0.15) is 17.4 Å². The van der Waals surface area contributed by atoms with Crippen molar-refractivity contribution in [1.29, 1.82) is 5.26 Å². The molecule has 1 aromatic heterocycles. The predicted octanol–water partition coefficient (Wildman–Crippen LogP) is 5.26. The molecular weight excluding hydrogens is 368 g/mol. The molecule has 0 radical (unpaired) electrons. The van der Waals surface area contributed by atoms with Gasteiger partial charge in [-0.25, -0.2) is 4.99 Å². The lowest BCUT2D eigenvalue weighted by molar-refractivity contribution is 0.490. The lowest BCUT2D eigenvalue weighted by Crippen LogP contribution is -2.14. The third-order valence-corrected chi connectivity index (χ3v) is 5.76. The average Bonchev–Trinajstić information content (AvgIpc) is 3.23. The Bertz CT molecular complexity index is 896. The zero-order valence-corrected chi connectivity index (χ0v) is 16.9. The number of rotatable bonds is 6. The molecule has 1 aliphatic carbocycles. The molecule has 7 heteroatoms. The zero-order valence-electron chi connectivity index (χ0n) is 15.3. The van der Waals surface area contributed by atoms with Gasteiger partial charge in [-0.15, -0.1) is 11.6 Å². The van der Waals surface area contributed by atoms with E-state index in [1.807, 2.05) is 44.3 Å². The van der Waals surface area contributed by atoms with Gasteiger partial charge in [0.15, 0.2) is 0 Å². The predicted molar refractivity (Wildman–Crippen MR) is 106 cm³/mol. The Morgan fingerprint density at radius 3 is 2.77 bits per heavy atom. The highest BCUT2D eigenvalue weighted by Crippen LogP contribution is 2.54. The molecular formula is C19H21ClN4OS. The van der Waals surface area contributed by atoms with Gasteiger partial charge in [0.2, 0.25) is 5.06 Å². The molecule has 1 saturated carbocycles. The number of aliphatic imine (C=N–C) groups is 1. The number of alkyl halides is 1. The number of aromatic nitrogens is 1. The van der Waals surface area contributed by atoms with Crippen molar-refractivity contribution in [3.05, 3.63) is 34.5 Å². The average molecular weight is 389 g/mol. The van der Waals surface area contributed by atoms with Crippen molar-refractivity contribution < 1.29 is 4.74 Å². The SMILES string of the molecule is CCN(C)/C=N\c1cc(C)c(Oc2snc(C3(Cl)CC3)c2C#N)cc1C. The lowest BCUT2D eigenvalue weighted by atomic mass is 10.1. The molecule has 2 aromatic rings. The van der Waals surface area contributed by atoms with Gasteiger partial charge in [0.25, 0.3) is 0 Å². The van der Waals surface area contributed by atoms with Crippen LogP contribution in [0.25, 0.3) is 0 Å². The van der Waals surface area contributed by atoms with Crippen LogP contribution < -0.4 is 4.74 Å². The van der Waals surface area contributed by atoms with Crippen molar-refractivity contribution in [1.82, 2.24) is 9.27 Å². The van der Waals surface area contributed by atoms with Gasteiger partial charge in [-0.3, -0.25) is 0 Å². The lowest BCUT2D eigenvalue weighted by Gasteiger charge is -2.12. The number of benzene rings is 1. The van der Waals surface area contributed by atoms with Gasteiger partial charge in [-0.2, -0.15) is 9.64 Å². The third-order valence-electron chi connectivity index (χ3n) is 4.47. The summed E-state index contributed by atoms with van der Waals surface area (Å²) in [7, 11) is 1.98. The first kappa shape index (κ1) is 18.7. The van der Waals surface area contributed by atoms with Gasteiger partial charge in [0.05, 0.1) is 22.6 Å². The van der Waals surface area contributed by atoms with Crippen LogP contribution in [0.5, 0.6) is 10.8 Å². The first-order valence-corrected chi connectivity index (χ1v) is 9.65. The Morgan fingerprint density at radius 2 is 2.15 bits per heavy atom. The number of nitrogens with zero attached hydrogens (tertiary/aromatic N) is 4. The maximum absolute atomic E-state index is 9.52. The molecule has 0 aliphatic heterocycles. The summed E-state index contributed by atoms with van der Waals surface area (Å²) in [5.41, 5.74) is 3.96. The van der Waals surface area contributed by atoms with E-state index >= 15 is 0 Å². The summed E-state index contributed by atoms with van der Waals surface area (Å²) in [6.45, 7) is 6.93. The second-order valence-corrected chi connectivity index (χ2v) is 8.05. The molecule has 0 N–H and O–H groups in total. The van der Waals surface area contributed by atoms with Gasteiger partial charge in [0, 0.05) is 25.1 Å². The van der Waals surface area contributed by atoms with E-state index in [1.165, 1.54) is 11.5 Å². The Kier molecular flexibility index (Phi) is 5.22. The molecule has 1 fully saturated rings. The summed E-state index contributed by atoms with van der Waals surface area (Å²) in [5.74, 6) is 0.705. The molecule has 1 aliphatic rings. The molecule has 1 aromatic carbocycles. The van der Waals surface area contributed by atoms with Crippen LogP contribution in [-0.4, -0.2) is 29.2 Å². The number of hydrogen-bond acceptors (Lipinski definition) is 5. The molecule has 0 saturated heterocycles. The second kappa shape index (κ2) is 7.26. The summed E-state index contributed by atoms with van der Waals surface area (Å²) in [4.78, 5) is 6.07. The first-order valence-electron chi connectivity index (χ1n) is 8.50. The van der Waals surface area contributed by atoms with E-state index < -0.39 is 4.87 Å². The van der Waals surface area contributed by atoms with Crippen LogP contribution in [0.4, 0.5) is 5.69 Å². The van der Waals surface area contributed by atoms with Crippen molar-refractivity contribution in [3.63, 3.8) is 0 Å². The van der Waals surface area contributed by atoms with E-state index in [2.05, 4.69) is 22.4 Å². The fourth-order valence-electron chi connectivity index (χ4n) is 2.46. The minimum atomic E-state index is -0.474. The van der Waals surface area contributed by atoms with Gasteiger partial charge in [-0.05, 0) is 56.9 Å². The maximum Gasteiger partial charge on any atom is 0.218 e. The normalized spacial score (nSPS) is 15.1. The van der Waals surface area contributed by atoms with Gasteiger partial charge < -0.3 is 9.64 Å². The summed E-state index contributed by atoms with van der Waals surface area (Å²) in [5, 5.41) is 10.0. The maximum atomic E-state index is 9.52. The van der Waals surface area contributed by atoms with Crippen molar-refractivity contribution in [2.24, 2.45) is 4.99 Å². The molecule has 0 atom stereocenters. The fraction of sp³-hybridized carbons (Fsp3) is 0.421. The molecule has 0 unspecified atom stereocenters. The van der Waals surface area contributed by atoms with E-state index in [4.69, 9.17) is 16.3 Å². The Balaban J connectivity index is 1.87. The molecule has 3 rings (SSSR count). The topological polar surface area (TPSA) is 61.5 Å². The van der Waals surface area contributed by atoms with E-state index in [1.54, 1.807) is 0 Å². The standard InChI is InChI=1S/C19H21ClN4OS/c1-5-24(4)11-22-15-8-13(3)16(9-12(15)2)25-18-14(10-21)17(23-26-18)19(20)6-7-19/h8-9,11H,5-7H2,1-4H3/b22-11-.